The van der Waals surface area contributed by atoms with E-state index < -0.39 is 39.4 Å². The summed E-state index contributed by atoms with van der Waals surface area (Å²) in [6.07, 6.45) is -4.90. The number of carbonyl (C=O) groups excluding carboxylic acids is 2. The van der Waals surface area contributed by atoms with Gasteiger partial charge in [0.25, 0.3) is 0 Å². The number of ether oxygens (including phenoxy) is 2. The monoisotopic (exact) mass is 629 g/mol. The van der Waals surface area contributed by atoms with Crippen molar-refractivity contribution < 1.29 is 40.7 Å². The number of benzene rings is 4. The minimum Gasteiger partial charge on any atom is -0.496 e. The predicted molar refractivity (Wildman–Crippen MR) is 153 cm³/mol. The molecule has 0 amide bonds. The zero-order valence-electron chi connectivity index (χ0n) is 22.7. The van der Waals surface area contributed by atoms with Gasteiger partial charge in [-0.3, -0.25) is 9.59 Å². The molecule has 0 aliphatic heterocycles. The molecule has 1 unspecified atom stereocenters. The van der Waals surface area contributed by atoms with Crippen molar-refractivity contribution in [1.29, 1.82) is 0 Å². The van der Waals surface area contributed by atoms with E-state index in [1.165, 1.54) is 50.6 Å². The van der Waals surface area contributed by atoms with E-state index in [1.807, 2.05) is 0 Å². The fraction of sp³-hybridized carbons (Fsp3) is 0.161. The van der Waals surface area contributed by atoms with Crippen LogP contribution in [0.2, 0.25) is 5.02 Å². The lowest BCUT2D eigenvalue weighted by Crippen LogP contribution is -2.31. The third-order valence-electron chi connectivity index (χ3n) is 7.12. The van der Waals surface area contributed by atoms with E-state index in [0.29, 0.717) is 0 Å². The standard InChI is InChI=1S/C31H23ClF3NO6S/c1-41-29-22(26(32)30(42-2)25-24(29)27(37)20-10-6-7-11-21(20)28(25)38)16-23(17-12-14-18(15-13-17)31(33,34)35)36-43(39,40)19-8-4-3-5-9-19/h3-15,23,36H,16H2,1-2H3. The lowest BCUT2D eigenvalue weighted by Gasteiger charge is -2.27. The highest BCUT2D eigenvalue weighted by atomic mass is 35.5. The number of alkyl halides is 3. The van der Waals surface area contributed by atoms with Gasteiger partial charge in [-0.05, 0) is 36.2 Å². The highest BCUT2D eigenvalue weighted by Crippen LogP contribution is 2.47. The quantitative estimate of drug-likeness (QED) is 0.213. The molecule has 222 valence electrons. The van der Waals surface area contributed by atoms with Crippen molar-refractivity contribution in [3.8, 4) is 11.5 Å². The summed E-state index contributed by atoms with van der Waals surface area (Å²) in [6.45, 7) is 0. The maximum atomic E-state index is 13.7. The Kier molecular flexibility index (Phi) is 8.08. The maximum Gasteiger partial charge on any atom is 0.416 e. The number of hydrogen-bond donors (Lipinski definition) is 1. The lowest BCUT2D eigenvalue weighted by atomic mass is 9.81. The van der Waals surface area contributed by atoms with Crippen molar-refractivity contribution in [2.45, 2.75) is 23.5 Å². The topological polar surface area (TPSA) is 98.8 Å². The van der Waals surface area contributed by atoms with Crippen LogP contribution in [0.3, 0.4) is 0 Å². The van der Waals surface area contributed by atoms with Crippen molar-refractivity contribution in [2.24, 2.45) is 0 Å². The lowest BCUT2D eigenvalue weighted by molar-refractivity contribution is -0.137. The number of halogens is 4. The van der Waals surface area contributed by atoms with Gasteiger partial charge in [0.15, 0.2) is 11.6 Å². The van der Waals surface area contributed by atoms with Gasteiger partial charge in [0.1, 0.15) is 11.5 Å². The molecular weight excluding hydrogens is 607 g/mol. The summed E-state index contributed by atoms with van der Waals surface area (Å²) in [4.78, 5) is 27.2. The van der Waals surface area contributed by atoms with Gasteiger partial charge in [-0.15, -0.1) is 0 Å². The number of carbonyl (C=O) groups is 2. The van der Waals surface area contributed by atoms with Crippen molar-refractivity contribution in [3.63, 3.8) is 0 Å². The number of ketones is 2. The number of hydrogen-bond acceptors (Lipinski definition) is 6. The molecule has 43 heavy (non-hydrogen) atoms. The van der Waals surface area contributed by atoms with Gasteiger partial charge in [-0.2, -0.15) is 13.2 Å². The predicted octanol–water partition coefficient (Wildman–Crippen LogP) is 6.41. The number of methoxy groups -OCH3 is 2. The minimum atomic E-state index is -4.61. The van der Waals surface area contributed by atoms with E-state index in [2.05, 4.69) is 4.72 Å². The highest BCUT2D eigenvalue weighted by molar-refractivity contribution is 7.89. The molecular formula is C31H23ClF3NO6S. The van der Waals surface area contributed by atoms with Gasteiger partial charge >= 0.3 is 6.18 Å². The number of sulfonamides is 1. The molecule has 0 fully saturated rings. The molecule has 0 bridgehead atoms. The SMILES string of the molecule is COc1c(Cl)c(CC(NS(=O)(=O)c2ccccc2)c2ccc(C(F)(F)F)cc2)c(OC)c2c1C(=O)c1ccccc1C2=O. The number of rotatable bonds is 8. The van der Waals surface area contributed by atoms with E-state index in [9.17, 15) is 31.2 Å². The summed E-state index contributed by atoms with van der Waals surface area (Å²) in [7, 11) is -1.67. The molecule has 5 rings (SSSR count). The number of nitrogens with one attached hydrogen (secondary N) is 1. The molecule has 12 heteroatoms. The fourth-order valence-corrected chi connectivity index (χ4v) is 6.68. The van der Waals surface area contributed by atoms with E-state index in [4.69, 9.17) is 21.1 Å². The first kappa shape index (κ1) is 30.3. The van der Waals surface area contributed by atoms with Crippen LogP contribution in [-0.2, 0) is 22.6 Å². The smallest absolute Gasteiger partial charge is 0.416 e. The molecule has 0 saturated heterocycles. The molecule has 1 N–H and O–H groups in total. The second-order valence-electron chi connectivity index (χ2n) is 9.62. The molecule has 1 aliphatic rings. The van der Waals surface area contributed by atoms with Gasteiger partial charge in [0.2, 0.25) is 10.0 Å². The largest absolute Gasteiger partial charge is 0.496 e. The van der Waals surface area contributed by atoms with Crippen molar-refractivity contribution in [2.75, 3.05) is 14.2 Å². The second-order valence-corrected chi connectivity index (χ2v) is 11.7. The average molecular weight is 630 g/mol. The summed E-state index contributed by atoms with van der Waals surface area (Å²) in [5, 5.41) is -0.116. The molecule has 1 aliphatic carbocycles. The first-order chi connectivity index (χ1) is 20.4. The van der Waals surface area contributed by atoms with Crippen LogP contribution in [0, 0.1) is 0 Å². The molecule has 7 nitrogen and oxygen atoms in total. The summed E-state index contributed by atoms with van der Waals surface area (Å²) in [5.41, 5.74) is -0.557. The van der Waals surface area contributed by atoms with Crippen LogP contribution in [0.25, 0.3) is 0 Å². The van der Waals surface area contributed by atoms with Crippen LogP contribution in [0.1, 0.15) is 54.6 Å². The fourth-order valence-electron chi connectivity index (χ4n) is 5.10. The van der Waals surface area contributed by atoms with E-state index in [0.717, 1.165) is 24.3 Å². The Morgan fingerprint density at radius 2 is 1.30 bits per heavy atom. The third kappa shape index (κ3) is 5.51. The zero-order chi connectivity index (χ0) is 31.1. The Labute approximate surface area is 250 Å². The molecule has 1 atom stereocenters. The zero-order valence-corrected chi connectivity index (χ0v) is 24.2. The van der Waals surface area contributed by atoms with Gasteiger partial charge in [0.05, 0.1) is 46.9 Å². The highest BCUT2D eigenvalue weighted by Gasteiger charge is 2.39. The van der Waals surface area contributed by atoms with Crippen LogP contribution in [0.15, 0.2) is 83.8 Å². The number of fused-ring (bicyclic) bond motifs is 2. The minimum absolute atomic E-state index is 0.0784. The van der Waals surface area contributed by atoms with Gasteiger partial charge in [0, 0.05) is 16.7 Å². The maximum absolute atomic E-state index is 13.7. The van der Waals surface area contributed by atoms with Crippen LogP contribution < -0.4 is 14.2 Å². The normalized spacial score (nSPS) is 13.7. The van der Waals surface area contributed by atoms with Gasteiger partial charge in [-0.25, -0.2) is 13.1 Å². The molecule has 0 spiro atoms. The van der Waals surface area contributed by atoms with Gasteiger partial charge in [-0.1, -0.05) is 66.2 Å². The summed E-state index contributed by atoms with van der Waals surface area (Å²) in [6, 6.07) is 16.4. The summed E-state index contributed by atoms with van der Waals surface area (Å²) in [5.74, 6) is -1.24. The molecule has 4 aromatic rings. The van der Waals surface area contributed by atoms with Gasteiger partial charge < -0.3 is 9.47 Å². The van der Waals surface area contributed by atoms with Crippen LogP contribution >= 0.6 is 11.6 Å². The first-order valence-corrected chi connectivity index (χ1v) is 14.6. The Hall–Kier alpha value is -4.19. The Bertz CT molecular complexity index is 1840. The molecule has 0 heterocycles. The van der Waals surface area contributed by atoms with Crippen LogP contribution in [0.5, 0.6) is 11.5 Å². The average Bonchev–Trinajstić information content (AvgIpc) is 3.00. The third-order valence-corrected chi connectivity index (χ3v) is 9.01. The van der Waals surface area contributed by atoms with Crippen molar-refractivity contribution in [3.05, 3.63) is 123 Å². The summed E-state index contributed by atoms with van der Waals surface area (Å²) >= 11 is 6.78. The second kappa shape index (κ2) is 11.5. The van der Waals surface area contributed by atoms with Crippen LogP contribution in [-0.4, -0.2) is 34.2 Å². The molecule has 0 saturated carbocycles. The van der Waals surface area contributed by atoms with Crippen molar-refractivity contribution in [1.82, 2.24) is 4.72 Å². The first-order valence-electron chi connectivity index (χ1n) is 12.8. The van der Waals surface area contributed by atoms with E-state index >= 15 is 0 Å². The van der Waals surface area contributed by atoms with Crippen molar-refractivity contribution >= 4 is 33.2 Å². The molecule has 0 aromatic heterocycles. The summed E-state index contributed by atoms with van der Waals surface area (Å²) < 4.78 is 80.4. The Morgan fingerprint density at radius 1 is 0.791 bits per heavy atom. The Morgan fingerprint density at radius 3 is 1.81 bits per heavy atom. The van der Waals surface area contributed by atoms with E-state index in [1.54, 1.807) is 18.2 Å². The molecule has 4 aromatic carbocycles. The Balaban J connectivity index is 1.69. The van der Waals surface area contributed by atoms with Crippen LogP contribution in [0.4, 0.5) is 13.2 Å². The van der Waals surface area contributed by atoms with E-state index in [-0.39, 0.29) is 61.2 Å². The molecule has 0 radical (unpaired) electrons.